The van der Waals surface area contributed by atoms with Crippen molar-refractivity contribution in [3.63, 3.8) is 0 Å². The Morgan fingerprint density at radius 3 is 2.23 bits per heavy atom. The number of anilines is 1. The van der Waals surface area contributed by atoms with E-state index in [0.29, 0.717) is 5.11 Å². The minimum absolute atomic E-state index is 0.162. The van der Waals surface area contributed by atoms with Crippen LogP contribution in [0.25, 0.3) is 0 Å². The second-order valence-corrected chi connectivity index (χ2v) is 6.47. The van der Waals surface area contributed by atoms with Crippen molar-refractivity contribution in [2.75, 3.05) is 5.32 Å². The first kappa shape index (κ1) is 16.2. The van der Waals surface area contributed by atoms with Crippen LogP contribution in [0.2, 0.25) is 0 Å². The van der Waals surface area contributed by atoms with E-state index in [2.05, 4.69) is 60.9 Å². The third-order valence-corrected chi connectivity index (χ3v) is 3.38. The molecule has 0 atom stereocenters. The fraction of sp³-hybridized carbons (Fsp3) is 0.222. The molecule has 0 fully saturated rings. The van der Waals surface area contributed by atoms with E-state index in [9.17, 15) is 0 Å². The molecule has 0 bridgehead atoms. The topological polar surface area (TPSA) is 36.4 Å². The van der Waals surface area contributed by atoms with Crippen LogP contribution in [0.1, 0.15) is 31.9 Å². The van der Waals surface area contributed by atoms with Gasteiger partial charge < -0.3 is 5.32 Å². The van der Waals surface area contributed by atoms with Gasteiger partial charge in [-0.25, -0.2) is 0 Å². The van der Waals surface area contributed by atoms with Gasteiger partial charge in [0.15, 0.2) is 5.11 Å². The number of hydrogen-bond donors (Lipinski definition) is 2. The second kappa shape index (κ2) is 7.18. The van der Waals surface area contributed by atoms with Crippen LogP contribution in [-0.4, -0.2) is 11.3 Å². The van der Waals surface area contributed by atoms with E-state index in [4.69, 9.17) is 12.2 Å². The van der Waals surface area contributed by atoms with Gasteiger partial charge in [-0.05, 0) is 40.9 Å². The smallest absolute Gasteiger partial charge is 0.191 e. The largest absolute Gasteiger partial charge is 0.331 e. The Labute approximate surface area is 137 Å². The van der Waals surface area contributed by atoms with Crippen LogP contribution in [0.15, 0.2) is 59.7 Å². The predicted octanol–water partition coefficient (Wildman–Crippen LogP) is 4.30. The van der Waals surface area contributed by atoms with Crippen molar-refractivity contribution in [3.8, 4) is 0 Å². The SMILES string of the molecule is CC(C)(C)c1ccc(C=NNC(=S)Nc2ccccc2)cc1. The molecule has 0 aromatic heterocycles. The van der Waals surface area contributed by atoms with E-state index in [1.54, 1.807) is 6.21 Å². The van der Waals surface area contributed by atoms with Crippen LogP contribution in [0.3, 0.4) is 0 Å². The zero-order valence-corrected chi connectivity index (χ0v) is 13.9. The highest BCUT2D eigenvalue weighted by atomic mass is 32.1. The molecule has 2 rings (SSSR count). The summed E-state index contributed by atoms with van der Waals surface area (Å²) in [6.45, 7) is 6.60. The van der Waals surface area contributed by atoms with Crippen molar-refractivity contribution in [1.82, 2.24) is 5.43 Å². The molecule has 114 valence electrons. The summed E-state index contributed by atoms with van der Waals surface area (Å²) in [6.07, 6.45) is 1.76. The Balaban J connectivity index is 1.88. The first-order valence-corrected chi connectivity index (χ1v) is 7.61. The summed E-state index contributed by atoms with van der Waals surface area (Å²) in [5, 5.41) is 7.68. The Hall–Kier alpha value is -2.20. The monoisotopic (exact) mass is 311 g/mol. The molecule has 2 aromatic carbocycles. The second-order valence-electron chi connectivity index (χ2n) is 6.06. The maximum Gasteiger partial charge on any atom is 0.191 e. The quantitative estimate of drug-likeness (QED) is 0.504. The van der Waals surface area contributed by atoms with Crippen LogP contribution in [0.4, 0.5) is 5.69 Å². The van der Waals surface area contributed by atoms with Crippen LogP contribution < -0.4 is 10.7 Å². The molecule has 22 heavy (non-hydrogen) atoms. The minimum atomic E-state index is 0.162. The van der Waals surface area contributed by atoms with E-state index in [-0.39, 0.29) is 5.41 Å². The summed E-state index contributed by atoms with van der Waals surface area (Å²) in [4.78, 5) is 0. The Kier molecular flexibility index (Phi) is 5.28. The van der Waals surface area contributed by atoms with E-state index < -0.39 is 0 Å². The molecule has 0 unspecified atom stereocenters. The van der Waals surface area contributed by atoms with E-state index >= 15 is 0 Å². The average Bonchev–Trinajstić information content (AvgIpc) is 2.48. The van der Waals surface area contributed by atoms with E-state index in [1.165, 1.54) is 5.56 Å². The highest BCUT2D eigenvalue weighted by Crippen LogP contribution is 2.21. The summed E-state index contributed by atoms with van der Waals surface area (Å²) in [5.74, 6) is 0. The van der Waals surface area contributed by atoms with Gasteiger partial charge in [0.05, 0.1) is 6.21 Å². The summed E-state index contributed by atoms with van der Waals surface area (Å²) < 4.78 is 0. The van der Waals surface area contributed by atoms with Gasteiger partial charge in [0.2, 0.25) is 0 Å². The first-order chi connectivity index (χ1) is 10.4. The number of benzene rings is 2. The Morgan fingerprint density at radius 2 is 1.64 bits per heavy atom. The summed E-state index contributed by atoms with van der Waals surface area (Å²) >= 11 is 5.19. The number of hydrogen-bond acceptors (Lipinski definition) is 2. The summed E-state index contributed by atoms with van der Waals surface area (Å²) in [7, 11) is 0. The molecular formula is C18H21N3S. The lowest BCUT2D eigenvalue weighted by molar-refractivity contribution is 0.590. The number of thiocarbonyl (C=S) groups is 1. The molecule has 0 aliphatic rings. The van der Waals surface area contributed by atoms with E-state index in [1.807, 2.05) is 30.3 Å². The molecule has 0 amide bonds. The normalized spacial score (nSPS) is 11.4. The molecule has 3 nitrogen and oxygen atoms in total. The van der Waals surface area contributed by atoms with Crippen LogP contribution in [-0.2, 0) is 5.41 Å². The average molecular weight is 311 g/mol. The molecular weight excluding hydrogens is 290 g/mol. The number of para-hydroxylation sites is 1. The zero-order chi connectivity index (χ0) is 16.0. The highest BCUT2D eigenvalue weighted by molar-refractivity contribution is 7.80. The predicted molar refractivity (Wildman–Crippen MR) is 98.5 cm³/mol. The van der Waals surface area contributed by atoms with Crippen molar-refractivity contribution in [1.29, 1.82) is 0 Å². The number of nitrogens with zero attached hydrogens (tertiary/aromatic N) is 1. The molecule has 0 spiro atoms. The maximum absolute atomic E-state index is 5.19. The fourth-order valence-electron chi connectivity index (χ4n) is 1.92. The molecule has 2 N–H and O–H groups in total. The van der Waals surface area contributed by atoms with Crippen molar-refractivity contribution >= 4 is 29.2 Å². The van der Waals surface area contributed by atoms with E-state index in [0.717, 1.165) is 11.3 Å². The van der Waals surface area contributed by atoms with Gasteiger partial charge in [0, 0.05) is 5.69 Å². The zero-order valence-electron chi connectivity index (χ0n) is 13.1. The Morgan fingerprint density at radius 1 is 1.00 bits per heavy atom. The van der Waals surface area contributed by atoms with Gasteiger partial charge in [-0.15, -0.1) is 0 Å². The van der Waals surface area contributed by atoms with Crippen LogP contribution >= 0.6 is 12.2 Å². The lowest BCUT2D eigenvalue weighted by atomic mass is 9.87. The van der Waals surface area contributed by atoms with Crippen molar-refractivity contribution in [2.24, 2.45) is 5.10 Å². The van der Waals surface area contributed by atoms with Crippen LogP contribution in [0.5, 0.6) is 0 Å². The molecule has 0 radical (unpaired) electrons. The number of nitrogens with one attached hydrogen (secondary N) is 2. The third kappa shape index (κ3) is 4.97. The molecule has 2 aromatic rings. The lowest BCUT2D eigenvalue weighted by Gasteiger charge is -2.18. The summed E-state index contributed by atoms with van der Waals surface area (Å²) in [6, 6.07) is 18.1. The standard InChI is InChI=1S/C18H21N3S/c1-18(2,3)15-11-9-14(10-12-15)13-19-21-17(22)20-16-7-5-4-6-8-16/h4-13H,1-3H3,(H2,20,21,22). The van der Waals surface area contributed by atoms with Crippen molar-refractivity contribution < 1.29 is 0 Å². The highest BCUT2D eigenvalue weighted by Gasteiger charge is 2.12. The molecule has 0 heterocycles. The van der Waals surface area contributed by atoms with Gasteiger partial charge in [-0.1, -0.05) is 63.2 Å². The van der Waals surface area contributed by atoms with Crippen LogP contribution in [0, 0.1) is 0 Å². The van der Waals surface area contributed by atoms with Gasteiger partial charge in [0.25, 0.3) is 0 Å². The number of hydrazone groups is 1. The lowest BCUT2D eigenvalue weighted by Crippen LogP contribution is -2.23. The molecule has 0 saturated carbocycles. The van der Waals surface area contributed by atoms with Gasteiger partial charge in [-0.3, -0.25) is 5.43 Å². The van der Waals surface area contributed by atoms with Gasteiger partial charge in [-0.2, -0.15) is 5.10 Å². The van der Waals surface area contributed by atoms with Crippen molar-refractivity contribution in [3.05, 3.63) is 65.7 Å². The third-order valence-electron chi connectivity index (χ3n) is 3.19. The maximum atomic E-state index is 5.19. The fourth-order valence-corrected chi connectivity index (χ4v) is 2.09. The van der Waals surface area contributed by atoms with Crippen molar-refractivity contribution in [2.45, 2.75) is 26.2 Å². The number of rotatable bonds is 3. The molecule has 0 aliphatic carbocycles. The first-order valence-electron chi connectivity index (χ1n) is 7.21. The minimum Gasteiger partial charge on any atom is -0.331 e. The van der Waals surface area contributed by atoms with Gasteiger partial charge >= 0.3 is 0 Å². The van der Waals surface area contributed by atoms with Gasteiger partial charge in [0.1, 0.15) is 0 Å². The summed E-state index contributed by atoms with van der Waals surface area (Å²) in [5.41, 5.74) is 6.25. The molecule has 4 heteroatoms. The molecule has 0 aliphatic heterocycles. The molecule has 0 saturated heterocycles. The Bertz CT molecular complexity index is 640.